The number of ether oxygens (including phenoxy) is 5. The molecule has 0 heterocycles. The Morgan fingerprint density at radius 3 is 1.69 bits per heavy atom. The second-order valence-corrected chi connectivity index (χ2v) is 12.9. The molecule has 4 aromatic carbocycles. The molecule has 52 heavy (non-hydrogen) atoms. The molecule has 4 rings (SSSR count). The lowest BCUT2D eigenvalue weighted by molar-refractivity contribution is -0.154. The van der Waals surface area contributed by atoms with Gasteiger partial charge in [-0.25, -0.2) is 19.2 Å². The van der Waals surface area contributed by atoms with E-state index in [4.69, 9.17) is 35.3 Å². The van der Waals surface area contributed by atoms with Gasteiger partial charge in [-0.2, -0.15) is 0 Å². The summed E-state index contributed by atoms with van der Waals surface area (Å²) in [5.41, 5.74) is 2.52. The van der Waals surface area contributed by atoms with Crippen molar-refractivity contribution in [1.29, 1.82) is 0 Å². The van der Waals surface area contributed by atoms with Gasteiger partial charge in [-0.15, -0.1) is 0 Å². The van der Waals surface area contributed by atoms with Gasteiger partial charge in [0.15, 0.2) is 6.10 Å². The van der Waals surface area contributed by atoms with E-state index in [1.54, 1.807) is 12.1 Å². The lowest BCUT2D eigenvalue weighted by atomic mass is 10.0. The Bertz CT molecular complexity index is 1780. The van der Waals surface area contributed by atoms with Gasteiger partial charge < -0.3 is 23.7 Å². The Kier molecular flexibility index (Phi) is 15.3. The Morgan fingerprint density at radius 2 is 1.15 bits per heavy atom. The standard InChI is InChI=1S/C42H45ClO9/c1-5-7-8-9-10-25-48-38-24-19-34(26-37(38)43)30-11-13-31(14-12-30)41(46)51-36-22-17-33(18-23-36)42(47)52-35-20-15-32(16-21-35)40(45)50-29(4)39(44)49-27-28(3)6-2/h11-24,26,28-29H,5-10,25,27H2,1-4H3. The van der Waals surface area contributed by atoms with Crippen molar-refractivity contribution in [3.63, 3.8) is 0 Å². The molecule has 0 aliphatic rings. The van der Waals surface area contributed by atoms with Crippen molar-refractivity contribution < 1.29 is 42.9 Å². The maximum Gasteiger partial charge on any atom is 0.347 e. The fourth-order valence-corrected chi connectivity index (χ4v) is 5.11. The van der Waals surface area contributed by atoms with Crippen LogP contribution in [0.1, 0.15) is 97.3 Å². The van der Waals surface area contributed by atoms with Crippen LogP contribution >= 0.6 is 11.6 Å². The Hall–Kier alpha value is -5.15. The molecule has 274 valence electrons. The minimum Gasteiger partial charge on any atom is -0.492 e. The predicted octanol–water partition coefficient (Wildman–Crippen LogP) is 9.93. The first-order valence-corrected chi connectivity index (χ1v) is 18.0. The number of unbranched alkanes of at least 4 members (excludes halogenated alkanes) is 4. The van der Waals surface area contributed by atoms with Crippen LogP contribution in [-0.4, -0.2) is 43.2 Å². The molecule has 0 aliphatic heterocycles. The molecule has 0 N–H and O–H groups in total. The summed E-state index contributed by atoms with van der Waals surface area (Å²) in [5.74, 6) is -1.23. The van der Waals surface area contributed by atoms with Crippen LogP contribution in [0.5, 0.6) is 17.2 Å². The van der Waals surface area contributed by atoms with Gasteiger partial charge >= 0.3 is 23.9 Å². The molecule has 10 heteroatoms. The summed E-state index contributed by atoms with van der Waals surface area (Å²) in [5, 5.41) is 0.529. The number of esters is 4. The fraction of sp³-hybridized carbons (Fsp3) is 0.333. The Balaban J connectivity index is 1.25. The molecule has 2 atom stereocenters. The van der Waals surface area contributed by atoms with Crippen molar-refractivity contribution in [2.24, 2.45) is 5.92 Å². The molecule has 4 aromatic rings. The van der Waals surface area contributed by atoms with E-state index < -0.39 is 30.0 Å². The Labute approximate surface area is 310 Å². The molecule has 0 saturated heterocycles. The van der Waals surface area contributed by atoms with Crippen LogP contribution in [0.15, 0.2) is 91.0 Å². The van der Waals surface area contributed by atoms with Crippen LogP contribution in [0.3, 0.4) is 0 Å². The highest BCUT2D eigenvalue weighted by Crippen LogP contribution is 2.31. The molecule has 2 unspecified atom stereocenters. The van der Waals surface area contributed by atoms with Gasteiger partial charge in [0.25, 0.3) is 0 Å². The molecule has 9 nitrogen and oxygen atoms in total. The average Bonchev–Trinajstić information content (AvgIpc) is 3.16. The van der Waals surface area contributed by atoms with Crippen molar-refractivity contribution >= 4 is 35.5 Å². The van der Waals surface area contributed by atoms with Crippen LogP contribution in [0.25, 0.3) is 11.1 Å². The zero-order valence-corrected chi connectivity index (χ0v) is 30.8. The number of halogens is 1. The summed E-state index contributed by atoms with van der Waals surface area (Å²) in [7, 11) is 0. The van der Waals surface area contributed by atoms with Crippen LogP contribution in [-0.2, 0) is 14.3 Å². The van der Waals surface area contributed by atoms with Crippen molar-refractivity contribution in [2.45, 2.75) is 72.3 Å². The zero-order chi connectivity index (χ0) is 37.5. The second-order valence-electron chi connectivity index (χ2n) is 12.5. The summed E-state index contributed by atoms with van der Waals surface area (Å²) in [6.45, 7) is 8.47. The minimum absolute atomic E-state index is 0.175. The van der Waals surface area contributed by atoms with Gasteiger partial charge in [0, 0.05) is 0 Å². The molecular formula is C42H45ClO9. The summed E-state index contributed by atoms with van der Waals surface area (Å²) in [6.07, 6.45) is 5.58. The normalized spacial score (nSPS) is 11.9. The molecule has 0 saturated carbocycles. The van der Waals surface area contributed by atoms with E-state index in [0.717, 1.165) is 30.4 Å². The summed E-state index contributed by atoms with van der Waals surface area (Å²) in [4.78, 5) is 50.1. The molecule has 0 spiro atoms. The van der Waals surface area contributed by atoms with Crippen LogP contribution in [0.2, 0.25) is 5.02 Å². The molecule has 0 aliphatic carbocycles. The molecular weight excluding hydrogens is 684 g/mol. The highest BCUT2D eigenvalue weighted by atomic mass is 35.5. The SMILES string of the molecule is CCCCCCCOc1ccc(-c2ccc(C(=O)Oc3ccc(C(=O)Oc4ccc(C(=O)OC(C)C(=O)OCC(C)CC)cc4)cc3)cc2)cc1Cl. The third-order valence-electron chi connectivity index (χ3n) is 8.32. The van der Waals surface area contributed by atoms with E-state index in [-0.39, 0.29) is 35.2 Å². The number of benzene rings is 4. The van der Waals surface area contributed by atoms with Gasteiger partial charge in [0.05, 0.1) is 34.9 Å². The lowest BCUT2D eigenvalue weighted by Gasteiger charge is -2.15. The van der Waals surface area contributed by atoms with Gasteiger partial charge in [-0.1, -0.05) is 82.7 Å². The number of carbonyl (C=O) groups excluding carboxylic acids is 4. The number of carbonyl (C=O) groups is 4. The summed E-state index contributed by atoms with van der Waals surface area (Å²) in [6, 6.07) is 24.3. The molecule has 0 fully saturated rings. The van der Waals surface area contributed by atoms with Crippen molar-refractivity contribution in [2.75, 3.05) is 13.2 Å². The van der Waals surface area contributed by atoms with Gasteiger partial charge in [0.1, 0.15) is 17.2 Å². The van der Waals surface area contributed by atoms with E-state index in [2.05, 4.69) is 6.92 Å². The predicted molar refractivity (Wildman–Crippen MR) is 199 cm³/mol. The minimum atomic E-state index is -1.07. The number of hydrogen-bond donors (Lipinski definition) is 0. The van der Waals surface area contributed by atoms with Crippen molar-refractivity contribution in [3.05, 3.63) is 113 Å². The maximum atomic E-state index is 12.8. The molecule has 0 radical (unpaired) electrons. The first kappa shape index (κ1) is 39.6. The second kappa shape index (κ2) is 20.0. The van der Waals surface area contributed by atoms with E-state index in [9.17, 15) is 19.2 Å². The van der Waals surface area contributed by atoms with Crippen molar-refractivity contribution in [3.8, 4) is 28.4 Å². The zero-order valence-electron chi connectivity index (χ0n) is 30.0. The maximum absolute atomic E-state index is 12.8. The topological polar surface area (TPSA) is 114 Å². The third-order valence-corrected chi connectivity index (χ3v) is 8.61. The van der Waals surface area contributed by atoms with Crippen molar-refractivity contribution in [1.82, 2.24) is 0 Å². The highest BCUT2D eigenvalue weighted by Gasteiger charge is 2.21. The van der Waals surface area contributed by atoms with Crippen LogP contribution in [0.4, 0.5) is 0 Å². The first-order chi connectivity index (χ1) is 25.1. The largest absolute Gasteiger partial charge is 0.492 e. The average molecular weight is 729 g/mol. The fourth-order valence-electron chi connectivity index (χ4n) is 4.87. The monoisotopic (exact) mass is 728 g/mol. The summed E-state index contributed by atoms with van der Waals surface area (Å²) >= 11 is 6.48. The van der Waals surface area contributed by atoms with Gasteiger partial charge in [-0.3, -0.25) is 0 Å². The smallest absolute Gasteiger partial charge is 0.347 e. The number of rotatable bonds is 18. The lowest BCUT2D eigenvalue weighted by Crippen LogP contribution is -2.27. The quantitative estimate of drug-likeness (QED) is 0.0561. The third kappa shape index (κ3) is 12.0. The molecule has 0 bridgehead atoms. The molecule has 0 aromatic heterocycles. The van der Waals surface area contributed by atoms with Gasteiger partial charge in [0.2, 0.25) is 0 Å². The van der Waals surface area contributed by atoms with Gasteiger partial charge in [-0.05, 0) is 103 Å². The highest BCUT2D eigenvalue weighted by molar-refractivity contribution is 6.32. The van der Waals surface area contributed by atoms with Crippen LogP contribution in [0, 0.1) is 5.92 Å². The van der Waals surface area contributed by atoms with E-state index in [1.165, 1.54) is 74.7 Å². The molecule has 0 amide bonds. The van der Waals surface area contributed by atoms with Crippen LogP contribution < -0.4 is 14.2 Å². The number of hydrogen-bond acceptors (Lipinski definition) is 9. The van der Waals surface area contributed by atoms with E-state index in [1.807, 2.05) is 44.2 Å². The Morgan fingerprint density at radius 1 is 0.635 bits per heavy atom. The van der Waals surface area contributed by atoms with E-state index in [0.29, 0.717) is 22.9 Å². The first-order valence-electron chi connectivity index (χ1n) is 17.6. The van der Waals surface area contributed by atoms with E-state index >= 15 is 0 Å². The summed E-state index contributed by atoms with van der Waals surface area (Å²) < 4.78 is 27.2.